The van der Waals surface area contributed by atoms with Crippen LogP contribution < -0.4 is 0 Å². The first kappa shape index (κ1) is 21.9. The smallest absolute Gasteiger partial charge is 0.000741 e. The van der Waals surface area contributed by atoms with Crippen molar-refractivity contribution in [3.8, 4) is 44.5 Å². The van der Waals surface area contributed by atoms with Crippen LogP contribution >= 0.6 is 0 Å². The highest BCUT2D eigenvalue weighted by atomic mass is 14.3. The second-order valence-electron chi connectivity index (χ2n) is 10.8. The predicted molar refractivity (Wildman–Crippen MR) is 157 cm³/mol. The molecule has 5 aromatic carbocycles. The molecule has 0 heteroatoms. The van der Waals surface area contributed by atoms with E-state index in [2.05, 4.69) is 86.6 Å². The highest BCUT2D eigenvalue weighted by molar-refractivity contribution is 6.34. The molecule has 0 amide bonds. The average molecular weight is 467 g/mol. The van der Waals surface area contributed by atoms with Crippen LogP contribution in [0.15, 0.2) is 72.8 Å². The lowest BCUT2D eigenvalue weighted by Crippen LogP contribution is -1.98. The largest absolute Gasteiger partial charge is 0.0654 e. The molecule has 7 rings (SSSR count). The van der Waals surface area contributed by atoms with Crippen molar-refractivity contribution in [2.75, 3.05) is 0 Å². The van der Waals surface area contributed by atoms with Crippen LogP contribution in [0.3, 0.4) is 0 Å². The summed E-state index contributed by atoms with van der Waals surface area (Å²) in [6, 6.07) is 28.1. The SMILES string of the molecule is CCCCCc1cc2c3c4c(ccc5c4c(c2cc1CCCCC)-c1ccccc1-5)-c1ccccc1-3. The summed E-state index contributed by atoms with van der Waals surface area (Å²) in [6.45, 7) is 4.62. The Hall–Kier alpha value is -3.38. The number of aryl methyl sites for hydroxylation is 2. The minimum absolute atomic E-state index is 1.20. The fourth-order valence-corrected chi connectivity index (χ4v) is 6.97. The van der Waals surface area contributed by atoms with Crippen molar-refractivity contribution in [2.45, 2.75) is 65.2 Å². The van der Waals surface area contributed by atoms with Crippen molar-refractivity contribution in [2.24, 2.45) is 0 Å². The quantitative estimate of drug-likeness (QED) is 0.154. The van der Waals surface area contributed by atoms with Gasteiger partial charge in [0.1, 0.15) is 0 Å². The Morgan fingerprint density at radius 3 is 1.28 bits per heavy atom. The van der Waals surface area contributed by atoms with Crippen molar-refractivity contribution < 1.29 is 0 Å². The molecule has 0 radical (unpaired) electrons. The Morgan fingerprint density at radius 1 is 0.444 bits per heavy atom. The molecule has 0 heterocycles. The molecule has 0 saturated heterocycles. The Balaban J connectivity index is 1.59. The zero-order valence-electron chi connectivity index (χ0n) is 21.6. The third-order valence-corrected chi connectivity index (χ3v) is 8.66. The zero-order chi connectivity index (χ0) is 24.2. The van der Waals surface area contributed by atoms with E-state index in [9.17, 15) is 0 Å². The summed E-state index contributed by atoms with van der Waals surface area (Å²) in [4.78, 5) is 0. The Bertz CT molecular complexity index is 1530. The number of hydrogen-bond donors (Lipinski definition) is 0. The van der Waals surface area contributed by atoms with Gasteiger partial charge in [0.25, 0.3) is 0 Å². The average Bonchev–Trinajstić information content (AvgIpc) is 3.43. The maximum Gasteiger partial charge on any atom is -0.000741 e. The van der Waals surface area contributed by atoms with E-state index >= 15 is 0 Å². The maximum atomic E-state index is 2.61. The normalized spacial score (nSPS) is 12.5. The van der Waals surface area contributed by atoms with Gasteiger partial charge in [0.15, 0.2) is 0 Å². The molecule has 0 aliphatic heterocycles. The Morgan fingerprint density at radius 2 is 0.861 bits per heavy atom. The lowest BCUT2D eigenvalue weighted by atomic mass is 9.86. The van der Waals surface area contributed by atoms with E-state index in [0.29, 0.717) is 0 Å². The molecule has 0 bridgehead atoms. The molecule has 0 nitrogen and oxygen atoms in total. The fraction of sp³-hybridized carbons (Fsp3) is 0.278. The predicted octanol–water partition coefficient (Wildman–Crippen LogP) is 10.8. The first-order valence-corrected chi connectivity index (χ1v) is 14.1. The molecule has 5 aromatic rings. The highest BCUT2D eigenvalue weighted by Crippen LogP contribution is 2.59. The van der Waals surface area contributed by atoms with Crippen molar-refractivity contribution >= 4 is 21.5 Å². The number of rotatable bonds is 8. The standard InChI is InChI=1S/C36H34/c1-3-5-7-13-23-21-31-32(22-24(23)14-8-6-4-2)34-28-18-12-10-16-26(28)30-20-19-29-25-15-9-11-17-27(25)33(31)35(29)36(30)34/h9-12,15-22H,3-8,13-14H2,1-2H3. The van der Waals surface area contributed by atoms with E-state index in [-0.39, 0.29) is 0 Å². The fourth-order valence-electron chi connectivity index (χ4n) is 6.97. The summed E-state index contributed by atoms with van der Waals surface area (Å²) in [5.74, 6) is 0. The molecule has 0 unspecified atom stereocenters. The van der Waals surface area contributed by atoms with Crippen LogP contribution in [-0.2, 0) is 12.8 Å². The van der Waals surface area contributed by atoms with Gasteiger partial charge in [-0.2, -0.15) is 0 Å². The molecular weight excluding hydrogens is 432 g/mol. The monoisotopic (exact) mass is 466 g/mol. The molecule has 0 fully saturated rings. The molecule has 2 aliphatic rings. The van der Waals surface area contributed by atoms with Crippen molar-refractivity contribution in [3.63, 3.8) is 0 Å². The molecule has 0 atom stereocenters. The van der Waals surface area contributed by atoms with Crippen LogP contribution in [0, 0.1) is 0 Å². The minimum atomic E-state index is 1.20. The van der Waals surface area contributed by atoms with E-state index in [0.717, 1.165) is 0 Å². The van der Waals surface area contributed by atoms with Gasteiger partial charge in [0.05, 0.1) is 0 Å². The summed E-state index contributed by atoms with van der Waals surface area (Å²) < 4.78 is 0. The van der Waals surface area contributed by atoms with E-state index in [4.69, 9.17) is 0 Å². The van der Waals surface area contributed by atoms with Gasteiger partial charge in [-0.1, -0.05) is 112 Å². The molecule has 0 spiro atoms. The van der Waals surface area contributed by atoms with Crippen LogP contribution in [0.1, 0.15) is 63.5 Å². The van der Waals surface area contributed by atoms with E-state index in [1.54, 1.807) is 11.1 Å². The third kappa shape index (κ3) is 3.07. The number of benzene rings is 5. The van der Waals surface area contributed by atoms with Crippen molar-refractivity contribution in [3.05, 3.63) is 83.9 Å². The van der Waals surface area contributed by atoms with Gasteiger partial charge >= 0.3 is 0 Å². The van der Waals surface area contributed by atoms with Crippen LogP contribution in [-0.4, -0.2) is 0 Å². The molecular formula is C36H34. The van der Waals surface area contributed by atoms with Gasteiger partial charge in [0.2, 0.25) is 0 Å². The molecule has 36 heavy (non-hydrogen) atoms. The van der Waals surface area contributed by atoms with Crippen LogP contribution in [0.25, 0.3) is 66.1 Å². The van der Waals surface area contributed by atoms with Crippen LogP contribution in [0.2, 0.25) is 0 Å². The lowest BCUT2D eigenvalue weighted by molar-refractivity contribution is 0.694. The summed E-state index contributed by atoms with van der Waals surface area (Å²) >= 11 is 0. The molecule has 0 aromatic heterocycles. The van der Waals surface area contributed by atoms with Crippen molar-refractivity contribution in [1.82, 2.24) is 0 Å². The summed E-state index contributed by atoms with van der Waals surface area (Å²) in [5, 5.41) is 5.88. The van der Waals surface area contributed by atoms with E-state index < -0.39 is 0 Å². The van der Waals surface area contributed by atoms with Crippen LogP contribution in [0.4, 0.5) is 0 Å². The third-order valence-electron chi connectivity index (χ3n) is 8.66. The van der Waals surface area contributed by atoms with Gasteiger partial charge in [-0.05, 0) is 103 Å². The topological polar surface area (TPSA) is 0 Å². The van der Waals surface area contributed by atoms with Gasteiger partial charge in [-0.15, -0.1) is 0 Å². The first-order valence-electron chi connectivity index (χ1n) is 14.1. The Kier molecular flexibility index (Phi) is 5.24. The Labute approximate surface area is 215 Å². The minimum Gasteiger partial charge on any atom is -0.0654 e. The summed E-state index contributed by atoms with van der Waals surface area (Å²) in [7, 11) is 0. The highest BCUT2D eigenvalue weighted by Gasteiger charge is 2.32. The van der Waals surface area contributed by atoms with Gasteiger partial charge < -0.3 is 0 Å². The van der Waals surface area contributed by atoms with Crippen LogP contribution in [0.5, 0.6) is 0 Å². The number of hydrogen-bond acceptors (Lipinski definition) is 0. The summed E-state index contributed by atoms with van der Waals surface area (Å²) in [6.07, 6.45) is 10.1. The number of fused-ring (bicyclic) bond motifs is 9. The second kappa shape index (κ2) is 8.63. The summed E-state index contributed by atoms with van der Waals surface area (Å²) in [5.41, 5.74) is 14.6. The molecule has 0 saturated carbocycles. The van der Waals surface area contributed by atoms with Gasteiger partial charge in [-0.25, -0.2) is 0 Å². The molecule has 0 N–H and O–H groups in total. The first-order chi connectivity index (χ1) is 17.8. The lowest BCUT2D eigenvalue weighted by Gasteiger charge is -2.17. The van der Waals surface area contributed by atoms with E-state index in [1.165, 1.54) is 117 Å². The zero-order valence-corrected chi connectivity index (χ0v) is 21.6. The molecule has 178 valence electrons. The second-order valence-corrected chi connectivity index (χ2v) is 10.8. The van der Waals surface area contributed by atoms with Crippen molar-refractivity contribution in [1.29, 1.82) is 0 Å². The van der Waals surface area contributed by atoms with Gasteiger partial charge in [0, 0.05) is 0 Å². The maximum absolute atomic E-state index is 2.61. The van der Waals surface area contributed by atoms with E-state index in [1.807, 2.05) is 0 Å². The molecule has 2 aliphatic carbocycles. The van der Waals surface area contributed by atoms with Gasteiger partial charge in [-0.3, -0.25) is 0 Å². The number of unbranched alkanes of at least 4 members (excludes halogenated alkanes) is 4.